The van der Waals surface area contributed by atoms with Gasteiger partial charge in [0.2, 0.25) is 0 Å². The average molecular weight is 400 g/mol. The number of aliphatic carboxylic acids is 1. The van der Waals surface area contributed by atoms with E-state index in [2.05, 4.69) is 0 Å². The smallest absolute Gasteiger partial charge is 0.310 e. The number of benzene rings is 3. The molecule has 1 aliphatic carbocycles. The Morgan fingerprint density at radius 2 is 1.17 bits per heavy atom. The molecule has 1 N–H and O–H groups in total. The first-order valence-corrected chi connectivity index (χ1v) is 10.2. The Bertz CT molecular complexity index is 953. The lowest BCUT2D eigenvalue weighted by Gasteiger charge is -2.49. The number of ether oxygens (including phenoxy) is 1. The minimum absolute atomic E-state index is 0.355. The van der Waals surface area contributed by atoms with E-state index in [1.807, 2.05) is 97.9 Å². The van der Waals surface area contributed by atoms with Crippen LogP contribution in [0.2, 0.25) is 0 Å². The first-order valence-electron chi connectivity index (χ1n) is 10.2. The fourth-order valence-electron chi connectivity index (χ4n) is 4.57. The summed E-state index contributed by atoms with van der Waals surface area (Å²) in [6, 6.07) is 28.4. The van der Waals surface area contributed by atoms with Crippen LogP contribution in [0.25, 0.3) is 0 Å². The summed E-state index contributed by atoms with van der Waals surface area (Å²) in [5, 5.41) is 10.0. The third kappa shape index (κ3) is 3.73. The topological polar surface area (TPSA) is 63.6 Å². The highest BCUT2D eigenvalue weighted by Gasteiger charge is 2.59. The lowest BCUT2D eigenvalue weighted by Crippen LogP contribution is -2.51. The molecule has 30 heavy (non-hydrogen) atoms. The summed E-state index contributed by atoms with van der Waals surface area (Å²) in [7, 11) is 0. The summed E-state index contributed by atoms with van der Waals surface area (Å²) < 4.78 is 5.84. The van der Waals surface area contributed by atoms with Crippen molar-refractivity contribution in [3.05, 3.63) is 108 Å². The van der Waals surface area contributed by atoms with E-state index in [4.69, 9.17) is 4.74 Å². The maximum absolute atomic E-state index is 13.3. The van der Waals surface area contributed by atoms with Gasteiger partial charge in [0.25, 0.3) is 0 Å². The van der Waals surface area contributed by atoms with E-state index in [1.165, 1.54) is 0 Å². The quantitative estimate of drug-likeness (QED) is 0.579. The number of carboxylic acids is 1. The molecule has 0 saturated heterocycles. The third-order valence-electron chi connectivity index (χ3n) is 6.04. The van der Waals surface area contributed by atoms with Crippen molar-refractivity contribution in [3.8, 4) is 0 Å². The largest absolute Gasteiger partial charge is 0.481 e. The molecule has 0 heterocycles. The van der Waals surface area contributed by atoms with Crippen LogP contribution in [0.1, 0.15) is 41.6 Å². The van der Waals surface area contributed by atoms with Crippen LogP contribution in [-0.4, -0.2) is 17.0 Å². The lowest BCUT2D eigenvalue weighted by molar-refractivity contribution is -0.167. The molecule has 1 unspecified atom stereocenters. The van der Waals surface area contributed by atoms with Gasteiger partial charge in [-0.25, -0.2) is 0 Å². The van der Waals surface area contributed by atoms with Crippen molar-refractivity contribution in [2.45, 2.75) is 24.9 Å². The molecule has 4 rings (SSSR count). The standard InChI is InChI=1S/C26H24O4/c1-17(18-11-5-2-6-12-18)30-26(29)24-21(19-13-7-3-8-14-19)23(25(27)28)22(24)20-15-9-4-10-16-20/h2-17,21-24H,1H3,(H,27,28)/t17-,21-,22?,23-,24-/m0/s1. The van der Waals surface area contributed by atoms with E-state index < -0.39 is 35.7 Å². The molecule has 0 spiro atoms. The van der Waals surface area contributed by atoms with Crippen LogP contribution < -0.4 is 0 Å². The van der Waals surface area contributed by atoms with E-state index in [9.17, 15) is 14.7 Å². The number of esters is 1. The van der Waals surface area contributed by atoms with Crippen molar-refractivity contribution in [2.24, 2.45) is 11.8 Å². The molecule has 4 nitrogen and oxygen atoms in total. The zero-order valence-electron chi connectivity index (χ0n) is 16.7. The summed E-state index contributed by atoms with van der Waals surface area (Å²) >= 11 is 0. The molecule has 1 fully saturated rings. The highest BCUT2D eigenvalue weighted by molar-refractivity contribution is 5.84. The Morgan fingerprint density at radius 3 is 1.60 bits per heavy atom. The molecule has 3 aromatic rings. The average Bonchev–Trinajstić information content (AvgIpc) is 2.75. The molecule has 152 valence electrons. The highest BCUT2D eigenvalue weighted by Crippen LogP contribution is 2.58. The van der Waals surface area contributed by atoms with Crippen LogP contribution in [0.3, 0.4) is 0 Å². The monoisotopic (exact) mass is 400 g/mol. The second-order valence-electron chi connectivity index (χ2n) is 7.75. The number of rotatable bonds is 6. The predicted molar refractivity (Wildman–Crippen MR) is 114 cm³/mol. The van der Waals surface area contributed by atoms with Gasteiger partial charge in [0.15, 0.2) is 0 Å². The molecule has 3 aromatic carbocycles. The van der Waals surface area contributed by atoms with Gasteiger partial charge in [-0.1, -0.05) is 91.0 Å². The van der Waals surface area contributed by atoms with Crippen molar-refractivity contribution < 1.29 is 19.4 Å². The fourth-order valence-corrected chi connectivity index (χ4v) is 4.57. The second-order valence-corrected chi connectivity index (χ2v) is 7.75. The summed E-state index contributed by atoms with van der Waals surface area (Å²) in [5.74, 6) is -3.33. The Balaban J connectivity index is 1.68. The first-order chi connectivity index (χ1) is 14.6. The summed E-state index contributed by atoms with van der Waals surface area (Å²) in [6.07, 6.45) is -0.407. The summed E-state index contributed by atoms with van der Waals surface area (Å²) in [6.45, 7) is 1.84. The van der Waals surface area contributed by atoms with Gasteiger partial charge in [0.1, 0.15) is 6.10 Å². The summed E-state index contributed by atoms with van der Waals surface area (Å²) in [4.78, 5) is 25.5. The van der Waals surface area contributed by atoms with Crippen molar-refractivity contribution in [3.63, 3.8) is 0 Å². The molecule has 0 aromatic heterocycles. The Hall–Kier alpha value is -3.40. The van der Waals surface area contributed by atoms with Gasteiger partial charge in [-0.05, 0) is 23.6 Å². The van der Waals surface area contributed by atoms with Crippen molar-refractivity contribution in [1.82, 2.24) is 0 Å². The van der Waals surface area contributed by atoms with Crippen molar-refractivity contribution >= 4 is 11.9 Å². The van der Waals surface area contributed by atoms with Gasteiger partial charge in [-0.3, -0.25) is 9.59 Å². The zero-order valence-corrected chi connectivity index (χ0v) is 16.7. The number of carbonyl (C=O) groups is 2. The van der Waals surface area contributed by atoms with Crippen LogP contribution in [-0.2, 0) is 14.3 Å². The van der Waals surface area contributed by atoms with E-state index in [-0.39, 0.29) is 5.97 Å². The van der Waals surface area contributed by atoms with Gasteiger partial charge in [0.05, 0.1) is 11.8 Å². The summed E-state index contributed by atoms with van der Waals surface area (Å²) in [5.41, 5.74) is 2.62. The van der Waals surface area contributed by atoms with Crippen LogP contribution >= 0.6 is 0 Å². The SMILES string of the molecule is C[C@H](OC(=O)[C@@H]1C(c2ccccc2)[C@@H](C(=O)O)[C@@H]1c1ccccc1)c1ccccc1. The van der Waals surface area contributed by atoms with Crippen LogP contribution in [0.4, 0.5) is 0 Å². The number of carboxylic acid groups (broad SMARTS) is 1. The molecule has 1 aliphatic rings. The Morgan fingerprint density at radius 1 is 0.733 bits per heavy atom. The number of carbonyl (C=O) groups excluding carboxylic acids is 1. The fraction of sp³-hybridized carbons (Fsp3) is 0.231. The highest BCUT2D eigenvalue weighted by atomic mass is 16.5. The van der Waals surface area contributed by atoms with Gasteiger partial charge < -0.3 is 9.84 Å². The van der Waals surface area contributed by atoms with E-state index in [0.717, 1.165) is 16.7 Å². The van der Waals surface area contributed by atoms with E-state index in [0.29, 0.717) is 0 Å². The molecular weight excluding hydrogens is 376 g/mol. The van der Waals surface area contributed by atoms with E-state index >= 15 is 0 Å². The molecule has 0 bridgehead atoms. The van der Waals surface area contributed by atoms with Crippen LogP contribution in [0.5, 0.6) is 0 Å². The van der Waals surface area contributed by atoms with E-state index in [1.54, 1.807) is 0 Å². The number of hydrogen-bond acceptors (Lipinski definition) is 3. The minimum Gasteiger partial charge on any atom is -0.481 e. The number of hydrogen-bond donors (Lipinski definition) is 1. The minimum atomic E-state index is -0.891. The molecule has 0 aliphatic heterocycles. The van der Waals surface area contributed by atoms with Crippen molar-refractivity contribution in [2.75, 3.05) is 0 Å². The second kappa shape index (κ2) is 8.54. The maximum Gasteiger partial charge on any atom is 0.310 e. The first kappa shape index (κ1) is 19.9. The van der Waals surface area contributed by atoms with Gasteiger partial charge in [-0.2, -0.15) is 0 Å². The van der Waals surface area contributed by atoms with Crippen LogP contribution in [0.15, 0.2) is 91.0 Å². The lowest BCUT2D eigenvalue weighted by atomic mass is 9.52. The van der Waals surface area contributed by atoms with Crippen LogP contribution in [0, 0.1) is 11.8 Å². The maximum atomic E-state index is 13.3. The Labute approximate surface area is 176 Å². The normalized spacial score (nSPS) is 23.8. The van der Waals surface area contributed by atoms with Gasteiger partial charge in [0, 0.05) is 11.8 Å². The van der Waals surface area contributed by atoms with Crippen molar-refractivity contribution in [1.29, 1.82) is 0 Å². The zero-order chi connectivity index (χ0) is 21.1. The molecule has 1 saturated carbocycles. The van der Waals surface area contributed by atoms with Gasteiger partial charge in [-0.15, -0.1) is 0 Å². The molecule has 4 heteroatoms. The molecular formula is C26H24O4. The molecule has 5 atom stereocenters. The molecule has 0 amide bonds. The predicted octanol–water partition coefficient (Wildman–Crippen LogP) is 5.19. The molecule has 0 radical (unpaired) electrons. The Kier molecular flexibility index (Phi) is 5.66. The third-order valence-corrected chi connectivity index (χ3v) is 6.04. The van der Waals surface area contributed by atoms with Gasteiger partial charge >= 0.3 is 11.9 Å².